The number of nitrogens with one attached hydrogen (secondary N) is 2. The van der Waals surface area contributed by atoms with Crippen LogP contribution in [0.1, 0.15) is 29.8 Å². The first-order valence-electron chi connectivity index (χ1n) is 7.88. The lowest BCUT2D eigenvalue weighted by Crippen LogP contribution is -2.31. The van der Waals surface area contributed by atoms with E-state index in [-0.39, 0.29) is 11.9 Å². The molecule has 0 bridgehead atoms. The highest BCUT2D eigenvalue weighted by molar-refractivity contribution is 5.96. The molecule has 5 nitrogen and oxygen atoms in total. The molecule has 0 aliphatic carbocycles. The number of hydrogen-bond donors (Lipinski definition) is 2. The Labute approximate surface area is 142 Å². The largest absolute Gasteiger partial charge is 0.465 e. The van der Waals surface area contributed by atoms with Crippen molar-refractivity contribution in [2.45, 2.75) is 26.3 Å². The monoisotopic (exact) mass is 326 g/mol. The van der Waals surface area contributed by atoms with Crippen molar-refractivity contribution in [1.82, 2.24) is 0 Å². The maximum Gasteiger partial charge on any atom is 0.337 e. The molecule has 24 heavy (non-hydrogen) atoms. The molecule has 0 aliphatic heterocycles. The van der Waals surface area contributed by atoms with Gasteiger partial charge in [-0.3, -0.25) is 4.79 Å². The molecule has 126 valence electrons. The van der Waals surface area contributed by atoms with Gasteiger partial charge in [0.15, 0.2) is 0 Å². The average molecular weight is 326 g/mol. The summed E-state index contributed by atoms with van der Waals surface area (Å²) in [6.07, 6.45) is 0.966. The molecule has 2 rings (SSSR count). The zero-order valence-electron chi connectivity index (χ0n) is 14.1. The molecule has 2 aromatic rings. The van der Waals surface area contributed by atoms with Crippen LogP contribution in [0.2, 0.25) is 0 Å². The van der Waals surface area contributed by atoms with Crippen molar-refractivity contribution in [3.05, 3.63) is 59.7 Å². The number of carbonyl (C=O) groups excluding carboxylic acids is 2. The molecule has 0 aromatic heterocycles. The minimum absolute atomic E-state index is 0.128. The van der Waals surface area contributed by atoms with Crippen molar-refractivity contribution in [3.8, 4) is 0 Å². The summed E-state index contributed by atoms with van der Waals surface area (Å²) in [7, 11) is 1.34. The zero-order valence-corrected chi connectivity index (χ0v) is 14.1. The van der Waals surface area contributed by atoms with Crippen LogP contribution in [0.5, 0.6) is 0 Å². The van der Waals surface area contributed by atoms with Crippen LogP contribution in [0.3, 0.4) is 0 Å². The Morgan fingerprint density at radius 2 is 1.58 bits per heavy atom. The summed E-state index contributed by atoms with van der Waals surface area (Å²) in [5.74, 6) is -0.515. The number of esters is 1. The van der Waals surface area contributed by atoms with E-state index in [0.29, 0.717) is 5.56 Å². The summed E-state index contributed by atoms with van der Waals surface area (Å²) < 4.78 is 4.65. The van der Waals surface area contributed by atoms with Gasteiger partial charge in [-0.25, -0.2) is 4.79 Å². The minimum Gasteiger partial charge on any atom is -0.465 e. The molecule has 0 saturated carbocycles. The van der Waals surface area contributed by atoms with E-state index in [0.717, 1.165) is 17.8 Å². The van der Waals surface area contributed by atoms with Gasteiger partial charge in [0.05, 0.1) is 12.7 Å². The minimum atomic E-state index is -0.417. The van der Waals surface area contributed by atoms with E-state index >= 15 is 0 Å². The van der Waals surface area contributed by atoms with Crippen LogP contribution in [-0.4, -0.2) is 25.0 Å². The van der Waals surface area contributed by atoms with Crippen molar-refractivity contribution in [3.63, 3.8) is 0 Å². The van der Waals surface area contributed by atoms with Crippen LogP contribution in [-0.2, 0) is 16.0 Å². The van der Waals surface area contributed by atoms with Crippen LogP contribution in [0.15, 0.2) is 48.5 Å². The summed E-state index contributed by atoms with van der Waals surface area (Å²) in [4.78, 5) is 23.6. The Kier molecular flexibility index (Phi) is 5.95. The Morgan fingerprint density at radius 1 is 1.00 bits per heavy atom. The third kappa shape index (κ3) is 4.59. The topological polar surface area (TPSA) is 67.4 Å². The van der Waals surface area contributed by atoms with Crippen LogP contribution in [0.25, 0.3) is 0 Å². The van der Waals surface area contributed by atoms with Crippen LogP contribution >= 0.6 is 0 Å². The van der Waals surface area contributed by atoms with E-state index in [4.69, 9.17) is 0 Å². The van der Waals surface area contributed by atoms with Gasteiger partial charge in [0.25, 0.3) is 0 Å². The van der Waals surface area contributed by atoms with E-state index < -0.39 is 6.04 Å². The van der Waals surface area contributed by atoms with Crippen molar-refractivity contribution in [1.29, 1.82) is 0 Å². The van der Waals surface area contributed by atoms with E-state index in [1.165, 1.54) is 12.7 Å². The normalized spacial score (nSPS) is 11.5. The van der Waals surface area contributed by atoms with E-state index in [1.54, 1.807) is 31.2 Å². The van der Waals surface area contributed by atoms with Gasteiger partial charge in [-0.1, -0.05) is 19.1 Å². The summed E-state index contributed by atoms with van der Waals surface area (Å²) in [6, 6.07) is 14.2. The molecule has 0 saturated heterocycles. The SMILES string of the molecule is CCc1ccc(NC(=O)[C@H](C)Nc2ccc(C(=O)OC)cc2)cc1. The molecule has 0 unspecified atom stereocenters. The first-order chi connectivity index (χ1) is 11.5. The molecular weight excluding hydrogens is 304 g/mol. The first-order valence-corrected chi connectivity index (χ1v) is 7.88. The zero-order chi connectivity index (χ0) is 17.5. The van der Waals surface area contributed by atoms with Gasteiger partial charge in [0, 0.05) is 11.4 Å². The third-order valence-electron chi connectivity index (χ3n) is 3.71. The predicted octanol–water partition coefficient (Wildman–Crippen LogP) is 3.47. The predicted molar refractivity (Wildman–Crippen MR) is 95.3 cm³/mol. The summed E-state index contributed by atoms with van der Waals surface area (Å²) >= 11 is 0. The standard InChI is InChI=1S/C19H22N2O3/c1-4-14-5-9-17(10-6-14)21-18(22)13(2)20-16-11-7-15(8-12-16)19(23)24-3/h5-13,20H,4H2,1-3H3,(H,21,22)/t13-/m0/s1. The van der Waals surface area contributed by atoms with E-state index in [2.05, 4.69) is 22.3 Å². The second-order valence-electron chi connectivity index (χ2n) is 5.47. The molecule has 1 atom stereocenters. The number of carbonyl (C=O) groups is 2. The van der Waals surface area contributed by atoms with Gasteiger partial charge in [-0.15, -0.1) is 0 Å². The summed E-state index contributed by atoms with van der Waals surface area (Å²) in [5.41, 5.74) is 3.22. The first kappa shape index (κ1) is 17.5. The molecule has 0 spiro atoms. The van der Waals surface area contributed by atoms with Crippen LogP contribution in [0.4, 0.5) is 11.4 Å². The van der Waals surface area contributed by atoms with E-state index in [9.17, 15) is 9.59 Å². The van der Waals surface area contributed by atoms with Crippen molar-refractivity contribution in [2.75, 3.05) is 17.7 Å². The Bertz CT molecular complexity index is 694. The number of ether oxygens (including phenoxy) is 1. The Balaban J connectivity index is 1.94. The van der Waals surface area contributed by atoms with Gasteiger partial charge >= 0.3 is 5.97 Å². The molecule has 1 amide bonds. The fourth-order valence-electron chi connectivity index (χ4n) is 2.21. The molecule has 5 heteroatoms. The molecule has 2 aromatic carbocycles. The second-order valence-corrected chi connectivity index (χ2v) is 5.47. The lowest BCUT2D eigenvalue weighted by Gasteiger charge is -2.15. The number of hydrogen-bond acceptors (Lipinski definition) is 4. The van der Waals surface area contributed by atoms with Crippen LogP contribution < -0.4 is 10.6 Å². The lowest BCUT2D eigenvalue weighted by molar-refractivity contribution is -0.116. The number of anilines is 2. The third-order valence-corrected chi connectivity index (χ3v) is 3.71. The molecule has 0 radical (unpaired) electrons. The molecule has 2 N–H and O–H groups in total. The second kappa shape index (κ2) is 8.15. The number of methoxy groups -OCH3 is 1. The van der Waals surface area contributed by atoms with Gasteiger partial charge < -0.3 is 15.4 Å². The van der Waals surface area contributed by atoms with Gasteiger partial charge in [0.1, 0.15) is 6.04 Å². The summed E-state index contributed by atoms with van der Waals surface area (Å²) in [5, 5.41) is 5.98. The van der Waals surface area contributed by atoms with Crippen molar-refractivity contribution < 1.29 is 14.3 Å². The maximum absolute atomic E-state index is 12.2. The van der Waals surface area contributed by atoms with E-state index in [1.807, 2.05) is 24.3 Å². The van der Waals surface area contributed by atoms with Gasteiger partial charge in [0.2, 0.25) is 5.91 Å². The molecule has 0 aliphatic rings. The number of benzene rings is 2. The number of aryl methyl sites for hydroxylation is 1. The quantitative estimate of drug-likeness (QED) is 0.798. The summed E-state index contributed by atoms with van der Waals surface area (Å²) in [6.45, 7) is 3.87. The fourth-order valence-corrected chi connectivity index (χ4v) is 2.21. The van der Waals surface area contributed by atoms with Crippen molar-refractivity contribution in [2.24, 2.45) is 0 Å². The highest BCUT2D eigenvalue weighted by Crippen LogP contribution is 2.14. The van der Waals surface area contributed by atoms with Gasteiger partial charge in [-0.05, 0) is 55.3 Å². The van der Waals surface area contributed by atoms with Gasteiger partial charge in [-0.2, -0.15) is 0 Å². The number of rotatable bonds is 6. The van der Waals surface area contributed by atoms with Crippen LogP contribution in [0, 0.1) is 0 Å². The van der Waals surface area contributed by atoms with Crippen molar-refractivity contribution >= 4 is 23.3 Å². The smallest absolute Gasteiger partial charge is 0.337 e. The lowest BCUT2D eigenvalue weighted by atomic mass is 10.1. The number of amides is 1. The highest BCUT2D eigenvalue weighted by atomic mass is 16.5. The molecular formula is C19H22N2O3. The maximum atomic E-state index is 12.2. The molecule has 0 fully saturated rings. The Morgan fingerprint density at radius 3 is 2.12 bits per heavy atom. The molecule has 0 heterocycles. The Hall–Kier alpha value is -2.82. The average Bonchev–Trinajstić information content (AvgIpc) is 2.62. The fraction of sp³-hybridized carbons (Fsp3) is 0.263. The highest BCUT2D eigenvalue weighted by Gasteiger charge is 2.13.